The Kier molecular flexibility index (Phi) is 11.5. The monoisotopic (exact) mass is 649 g/mol. The van der Waals surface area contributed by atoms with Crippen LogP contribution in [-0.4, -0.2) is 10.9 Å². The van der Waals surface area contributed by atoms with Crippen LogP contribution in [0.4, 0.5) is 0 Å². The van der Waals surface area contributed by atoms with Crippen molar-refractivity contribution in [2.45, 2.75) is 59.4 Å². The fourth-order valence-corrected chi connectivity index (χ4v) is 4.32. The van der Waals surface area contributed by atoms with Gasteiger partial charge in [0, 0.05) is 49.5 Å². The summed E-state index contributed by atoms with van der Waals surface area (Å²) in [5.74, 6) is 0.547. The molecule has 0 saturated heterocycles. The van der Waals surface area contributed by atoms with Crippen LogP contribution in [0.5, 0.6) is 0 Å². The predicted octanol–water partition coefficient (Wildman–Crippen LogP) is 6.18. The normalized spacial score (nSPS) is 14.5. The van der Waals surface area contributed by atoms with Crippen molar-refractivity contribution in [1.82, 2.24) is 0 Å². The van der Waals surface area contributed by atoms with Crippen LogP contribution in [0, 0.1) is 24.1 Å². The number of para-hydroxylation sites is 1. The molecular weight excluding hydrogens is 613 g/mol. The first-order valence-electron chi connectivity index (χ1n) is 12.4. The third-order valence-corrected chi connectivity index (χ3v) is 6.55. The smallest absolute Gasteiger partial charge is 0.323 e. The van der Waals surface area contributed by atoms with Gasteiger partial charge in [-0.25, -0.2) is 0 Å². The van der Waals surface area contributed by atoms with Crippen molar-refractivity contribution in [2.24, 2.45) is 16.8 Å². The van der Waals surface area contributed by atoms with Crippen LogP contribution in [0.15, 0.2) is 77.5 Å². The number of pyridine rings is 1. The molecule has 1 unspecified atom stereocenters. The van der Waals surface area contributed by atoms with Gasteiger partial charge in [-0.05, 0) is 37.8 Å². The molecule has 1 aliphatic heterocycles. The zero-order valence-corrected chi connectivity index (χ0v) is 23.5. The van der Waals surface area contributed by atoms with E-state index >= 15 is 0 Å². The number of benzene rings is 2. The van der Waals surface area contributed by atoms with E-state index in [4.69, 9.17) is 4.99 Å². The van der Waals surface area contributed by atoms with E-state index < -0.39 is 0 Å². The number of rotatable bonds is 8. The molecule has 0 saturated carbocycles. The maximum Gasteiger partial charge on any atom is 0.323 e. The molecule has 1 N–H and O–H groups in total. The van der Waals surface area contributed by atoms with E-state index in [1.807, 2.05) is 45.9 Å². The van der Waals surface area contributed by atoms with Gasteiger partial charge >= 0.3 is 5.49 Å². The fourth-order valence-electron chi connectivity index (χ4n) is 4.32. The molecule has 0 fully saturated rings. The van der Waals surface area contributed by atoms with Gasteiger partial charge in [-0.3, -0.25) is 4.79 Å². The van der Waals surface area contributed by atoms with E-state index in [1.165, 1.54) is 17.0 Å². The summed E-state index contributed by atoms with van der Waals surface area (Å²) in [5, 5.41) is 11.0. The second-order valence-electron chi connectivity index (χ2n) is 8.66. The minimum Gasteiger partial charge on any atom is -0.512 e. The molecule has 1 aromatic heterocycles. The molecule has 3 aromatic rings. The molecule has 5 heteroatoms. The van der Waals surface area contributed by atoms with Crippen LogP contribution < -0.4 is 9.73 Å². The largest absolute Gasteiger partial charge is 0.512 e. The number of ketones is 1. The molecule has 1 atom stereocenters. The first-order valence-corrected chi connectivity index (χ1v) is 12.4. The Labute approximate surface area is 222 Å². The Bertz CT molecular complexity index is 1250. The van der Waals surface area contributed by atoms with Crippen molar-refractivity contribution >= 4 is 16.7 Å². The molecule has 0 aliphatic carbocycles. The third kappa shape index (κ3) is 7.19. The number of aromatic nitrogens is 1. The number of hydrogen-bond donors (Lipinski definition) is 1. The summed E-state index contributed by atoms with van der Waals surface area (Å²) < 4.78 is 2.17. The quantitative estimate of drug-likeness (QED) is 0.137. The van der Waals surface area contributed by atoms with Gasteiger partial charge in [0.25, 0.3) is 0 Å². The number of aliphatic hydroxyl groups excluding tert-OH is 1. The van der Waals surface area contributed by atoms with Crippen molar-refractivity contribution in [2.75, 3.05) is 0 Å². The van der Waals surface area contributed by atoms with E-state index in [0.717, 1.165) is 36.7 Å². The molecule has 2 heterocycles. The van der Waals surface area contributed by atoms with Crippen LogP contribution >= 0.6 is 0 Å². The molecule has 1 radical (unpaired) electrons. The summed E-state index contributed by atoms with van der Waals surface area (Å²) in [7, 11) is 0. The number of carbonyl (C=O) groups is 1. The number of nitrogens with zero attached hydrogens (tertiary/aromatic N) is 2. The molecule has 4 nitrogen and oxygen atoms in total. The first-order chi connectivity index (χ1) is 16.5. The Morgan fingerprint density at radius 3 is 2.26 bits per heavy atom. The zero-order valence-electron chi connectivity index (χ0n) is 21.1. The van der Waals surface area contributed by atoms with Crippen molar-refractivity contribution in [3.8, 4) is 0 Å². The first kappa shape index (κ1) is 28.6. The standard InChI is InChI=1S/C17H12N2.C13H24O2.Ir/c1-2-6-13(7-3-1)15-12-19-16-9-5-4-8-14(16)10-11-17(19)18-15;1-5-10(6-2)12(14)9-13(15)11(7-3)8-4;/h1-6,8-12,15H;9-11,14H,5-8H2,1-4H3;/b;12-9-;. The van der Waals surface area contributed by atoms with Crippen molar-refractivity contribution in [1.29, 1.82) is 0 Å². The number of aliphatic hydroxyl groups is 1. The topological polar surface area (TPSA) is 55.6 Å². The molecule has 35 heavy (non-hydrogen) atoms. The molecular formula is C30H36IrN2O2. The molecule has 0 bridgehead atoms. The van der Waals surface area contributed by atoms with Crippen molar-refractivity contribution in [3.63, 3.8) is 0 Å². The van der Waals surface area contributed by atoms with Gasteiger partial charge in [0.2, 0.25) is 0 Å². The minimum atomic E-state index is 0. The maximum absolute atomic E-state index is 11.7. The van der Waals surface area contributed by atoms with E-state index in [-0.39, 0.29) is 49.5 Å². The van der Waals surface area contributed by atoms with Gasteiger partial charge in [-0.1, -0.05) is 50.9 Å². The van der Waals surface area contributed by atoms with Crippen LogP contribution in [0.1, 0.15) is 65.0 Å². The second kappa shape index (κ2) is 14.1. The van der Waals surface area contributed by atoms with Crippen LogP contribution in [0.2, 0.25) is 0 Å². The van der Waals surface area contributed by atoms with Crippen molar-refractivity contribution < 1.29 is 34.2 Å². The Morgan fingerprint density at radius 2 is 1.63 bits per heavy atom. The van der Waals surface area contributed by atoms with Gasteiger partial charge in [-0.15, -0.1) is 5.56 Å². The van der Waals surface area contributed by atoms with Gasteiger partial charge in [-0.2, -0.15) is 34.6 Å². The van der Waals surface area contributed by atoms with Gasteiger partial charge < -0.3 is 5.11 Å². The Balaban J connectivity index is 0.000000249. The van der Waals surface area contributed by atoms with Crippen LogP contribution in [0.3, 0.4) is 0 Å². The van der Waals surface area contributed by atoms with Crippen molar-refractivity contribution in [3.05, 3.63) is 95.8 Å². The van der Waals surface area contributed by atoms with E-state index in [1.54, 1.807) is 0 Å². The molecule has 187 valence electrons. The van der Waals surface area contributed by atoms with Crippen LogP contribution in [-0.2, 0) is 24.9 Å². The van der Waals surface area contributed by atoms with E-state index in [2.05, 4.69) is 59.0 Å². The number of carbonyl (C=O) groups excluding carboxylic acids is 1. The number of fused-ring (bicyclic) bond motifs is 3. The Hall–Kier alpha value is -2.62. The molecule has 2 aromatic carbocycles. The fraction of sp³-hybridized carbons (Fsp3) is 0.367. The summed E-state index contributed by atoms with van der Waals surface area (Å²) in [6.45, 7) is 8.07. The number of allylic oxidation sites excluding steroid dienone is 2. The SMILES string of the molecule is CCC(CC)C(=O)/C=C(\O)C(CC)CC.[Ir].[c-]1ccccc1C1C=[n+]2c(ccc3ccccc32)=N1. The third-order valence-electron chi connectivity index (χ3n) is 6.55. The summed E-state index contributed by atoms with van der Waals surface area (Å²) in [4.78, 5) is 16.5. The summed E-state index contributed by atoms with van der Waals surface area (Å²) in [6.07, 6.45) is 7.06. The average Bonchev–Trinajstić information content (AvgIpc) is 3.32. The molecule has 1 aliphatic rings. The number of hydrogen-bond acceptors (Lipinski definition) is 3. The van der Waals surface area contributed by atoms with Gasteiger partial charge in [0.05, 0.1) is 5.76 Å². The minimum absolute atomic E-state index is 0. The summed E-state index contributed by atoms with van der Waals surface area (Å²) >= 11 is 0. The average molecular weight is 649 g/mol. The summed E-state index contributed by atoms with van der Waals surface area (Å²) in [5.41, 5.74) is 3.30. The molecule has 4 rings (SSSR count). The van der Waals surface area contributed by atoms with Crippen LogP contribution in [0.25, 0.3) is 10.9 Å². The van der Waals surface area contributed by atoms with E-state index in [9.17, 15) is 9.90 Å². The summed E-state index contributed by atoms with van der Waals surface area (Å²) in [6, 6.07) is 23.9. The zero-order chi connectivity index (χ0) is 24.5. The molecule has 0 spiro atoms. The maximum atomic E-state index is 11.7. The predicted molar refractivity (Wildman–Crippen MR) is 137 cm³/mol. The van der Waals surface area contributed by atoms with E-state index in [0.29, 0.717) is 0 Å². The second-order valence-corrected chi connectivity index (χ2v) is 8.66. The Morgan fingerprint density at radius 1 is 0.971 bits per heavy atom. The molecule has 0 amide bonds. The van der Waals surface area contributed by atoms with Gasteiger partial charge in [0.1, 0.15) is 11.7 Å². The van der Waals surface area contributed by atoms with Gasteiger partial charge in [0.15, 0.2) is 11.8 Å².